The highest BCUT2D eigenvalue weighted by Crippen LogP contribution is 2.32. The van der Waals surface area contributed by atoms with Gasteiger partial charge in [-0.05, 0) is 32.4 Å². The standard InChI is InChI=1S/C16H25N5OS/c1-12-11-13-14(23-12)15(21-7-9-22-10-8-21)20-16(19-13)18-6-4-2-3-5-17/h11H,2-10,17H2,1H3,(H,18,19,20). The lowest BCUT2D eigenvalue weighted by atomic mass is 10.2. The van der Waals surface area contributed by atoms with Crippen LogP contribution in [0.25, 0.3) is 10.2 Å². The van der Waals surface area contributed by atoms with Gasteiger partial charge in [0.25, 0.3) is 0 Å². The van der Waals surface area contributed by atoms with E-state index in [1.807, 2.05) is 0 Å². The molecule has 0 radical (unpaired) electrons. The lowest BCUT2D eigenvalue weighted by Gasteiger charge is -2.28. The lowest BCUT2D eigenvalue weighted by molar-refractivity contribution is 0.122. The van der Waals surface area contributed by atoms with Gasteiger partial charge in [-0.15, -0.1) is 11.3 Å². The van der Waals surface area contributed by atoms with Crippen LogP contribution in [0.2, 0.25) is 0 Å². The van der Waals surface area contributed by atoms with Crippen LogP contribution in [-0.2, 0) is 4.74 Å². The maximum atomic E-state index is 5.53. The summed E-state index contributed by atoms with van der Waals surface area (Å²) in [6, 6.07) is 2.14. The number of fused-ring (bicyclic) bond motifs is 1. The van der Waals surface area contributed by atoms with E-state index in [4.69, 9.17) is 15.5 Å². The second-order valence-corrected chi connectivity index (χ2v) is 7.07. The minimum absolute atomic E-state index is 0.726. The van der Waals surface area contributed by atoms with Crippen LogP contribution in [0.4, 0.5) is 11.8 Å². The van der Waals surface area contributed by atoms with Crippen molar-refractivity contribution in [1.82, 2.24) is 9.97 Å². The smallest absolute Gasteiger partial charge is 0.225 e. The SMILES string of the molecule is Cc1cc2nc(NCCCCCN)nc(N3CCOCC3)c2s1. The number of nitrogens with zero attached hydrogens (tertiary/aromatic N) is 3. The third-order valence-electron chi connectivity index (χ3n) is 3.95. The van der Waals surface area contributed by atoms with Crippen LogP contribution < -0.4 is 16.0 Å². The molecule has 1 saturated heterocycles. The van der Waals surface area contributed by atoms with Crippen molar-refractivity contribution in [2.45, 2.75) is 26.2 Å². The summed E-state index contributed by atoms with van der Waals surface area (Å²) in [6.07, 6.45) is 3.30. The highest BCUT2D eigenvalue weighted by atomic mass is 32.1. The summed E-state index contributed by atoms with van der Waals surface area (Å²) in [5, 5.41) is 3.37. The van der Waals surface area contributed by atoms with Crippen molar-refractivity contribution in [2.75, 3.05) is 49.6 Å². The van der Waals surface area contributed by atoms with E-state index in [0.717, 1.165) is 75.9 Å². The number of nitrogens with two attached hydrogens (primary N) is 1. The average molecular weight is 335 g/mol. The molecule has 0 bridgehead atoms. The number of hydrogen-bond donors (Lipinski definition) is 2. The van der Waals surface area contributed by atoms with Gasteiger partial charge in [0.1, 0.15) is 0 Å². The molecule has 0 spiro atoms. The minimum Gasteiger partial charge on any atom is -0.378 e. The number of rotatable bonds is 7. The first-order chi connectivity index (χ1) is 11.3. The molecule has 2 aromatic heterocycles. The molecule has 3 N–H and O–H groups in total. The summed E-state index contributed by atoms with van der Waals surface area (Å²) in [4.78, 5) is 13.0. The van der Waals surface area contributed by atoms with E-state index < -0.39 is 0 Å². The molecule has 1 aliphatic heterocycles. The van der Waals surface area contributed by atoms with E-state index >= 15 is 0 Å². The van der Waals surface area contributed by atoms with E-state index in [1.54, 1.807) is 11.3 Å². The molecule has 7 heteroatoms. The Balaban J connectivity index is 1.78. The molecule has 6 nitrogen and oxygen atoms in total. The molecule has 3 rings (SSSR count). The van der Waals surface area contributed by atoms with E-state index in [-0.39, 0.29) is 0 Å². The van der Waals surface area contributed by atoms with Gasteiger partial charge >= 0.3 is 0 Å². The average Bonchev–Trinajstić information content (AvgIpc) is 2.95. The topological polar surface area (TPSA) is 76.3 Å². The monoisotopic (exact) mass is 335 g/mol. The Morgan fingerprint density at radius 2 is 2.09 bits per heavy atom. The highest BCUT2D eigenvalue weighted by molar-refractivity contribution is 7.19. The number of anilines is 2. The van der Waals surface area contributed by atoms with Gasteiger partial charge in [-0.25, -0.2) is 4.98 Å². The fraction of sp³-hybridized carbons (Fsp3) is 0.625. The number of thiophene rings is 1. The van der Waals surface area contributed by atoms with Crippen molar-refractivity contribution in [2.24, 2.45) is 5.73 Å². The summed E-state index contributed by atoms with van der Waals surface area (Å²) in [7, 11) is 0. The van der Waals surface area contributed by atoms with E-state index in [0.29, 0.717) is 0 Å². The summed E-state index contributed by atoms with van der Waals surface area (Å²) in [5.74, 6) is 1.77. The van der Waals surface area contributed by atoms with Crippen LogP contribution >= 0.6 is 11.3 Å². The molecule has 126 valence electrons. The first kappa shape index (κ1) is 16.4. The number of ether oxygens (including phenoxy) is 1. The summed E-state index contributed by atoms with van der Waals surface area (Å²) < 4.78 is 6.64. The molecule has 0 unspecified atom stereocenters. The highest BCUT2D eigenvalue weighted by Gasteiger charge is 2.18. The third kappa shape index (κ3) is 4.10. The van der Waals surface area contributed by atoms with Crippen LogP contribution in [-0.4, -0.2) is 49.4 Å². The lowest BCUT2D eigenvalue weighted by Crippen LogP contribution is -2.37. The third-order valence-corrected chi connectivity index (χ3v) is 4.99. The molecule has 23 heavy (non-hydrogen) atoms. The van der Waals surface area contributed by atoms with Crippen molar-refractivity contribution in [3.8, 4) is 0 Å². The molecule has 0 amide bonds. The Morgan fingerprint density at radius 3 is 2.87 bits per heavy atom. The first-order valence-electron chi connectivity index (χ1n) is 8.33. The predicted octanol–water partition coefficient (Wildman–Crippen LogP) is 2.38. The van der Waals surface area contributed by atoms with Crippen LogP contribution in [0.5, 0.6) is 0 Å². The zero-order chi connectivity index (χ0) is 16.1. The van der Waals surface area contributed by atoms with E-state index in [9.17, 15) is 0 Å². The number of morpholine rings is 1. The zero-order valence-corrected chi connectivity index (χ0v) is 14.5. The Morgan fingerprint density at radius 1 is 1.26 bits per heavy atom. The van der Waals surface area contributed by atoms with Crippen LogP contribution in [0, 0.1) is 6.92 Å². The molecule has 1 fully saturated rings. The quantitative estimate of drug-likeness (QED) is 0.757. The maximum absolute atomic E-state index is 5.53. The summed E-state index contributed by atoms with van der Waals surface area (Å²) in [6.45, 7) is 7.07. The fourth-order valence-corrected chi connectivity index (χ4v) is 3.72. The van der Waals surface area contributed by atoms with Gasteiger partial charge in [0, 0.05) is 24.5 Å². The largest absolute Gasteiger partial charge is 0.378 e. The molecule has 1 aliphatic rings. The summed E-state index contributed by atoms with van der Waals surface area (Å²) >= 11 is 1.77. The molecule has 0 atom stereocenters. The molecule has 0 aliphatic carbocycles. The van der Waals surface area contributed by atoms with Crippen molar-refractivity contribution < 1.29 is 4.74 Å². The van der Waals surface area contributed by atoms with Gasteiger partial charge in [0.05, 0.1) is 23.4 Å². The number of aromatic nitrogens is 2. The van der Waals surface area contributed by atoms with Crippen molar-refractivity contribution in [1.29, 1.82) is 0 Å². The van der Waals surface area contributed by atoms with Crippen LogP contribution in [0.3, 0.4) is 0 Å². The fourth-order valence-electron chi connectivity index (χ4n) is 2.75. The minimum atomic E-state index is 0.726. The zero-order valence-electron chi connectivity index (χ0n) is 13.7. The molecule has 0 saturated carbocycles. The van der Waals surface area contributed by atoms with E-state index in [1.165, 1.54) is 9.58 Å². The van der Waals surface area contributed by atoms with Gasteiger partial charge in [-0.1, -0.05) is 6.42 Å². The summed E-state index contributed by atoms with van der Waals surface area (Å²) in [5.41, 5.74) is 6.56. The molecule has 0 aromatic carbocycles. The normalized spacial score (nSPS) is 15.3. The second-order valence-electron chi connectivity index (χ2n) is 5.82. The predicted molar refractivity (Wildman–Crippen MR) is 96.6 cm³/mol. The molecule has 3 heterocycles. The Labute approximate surface area is 141 Å². The second kappa shape index (κ2) is 7.90. The molecule has 2 aromatic rings. The molecular weight excluding hydrogens is 310 g/mol. The molecular formula is C16H25N5OS. The van der Waals surface area contributed by atoms with Gasteiger partial charge in [-0.2, -0.15) is 4.98 Å². The van der Waals surface area contributed by atoms with E-state index in [2.05, 4.69) is 28.2 Å². The number of aryl methyl sites for hydroxylation is 1. The van der Waals surface area contributed by atoms with Crippen molar-refractivity contribution in [3.05, 3.63) is 10.9 Å². The van der Waals surface area contributed by atoms with Crippen LogP contribution in [0.15, 0.2) is 6.07 Å². The Kier molecular flexibility index (Phi) is 5.64. The Bertz CT molecular complexity index is 639. The van der Waals surface area contributed by atoms with Gasteiger partial charge < -0.3 is 20.7 Å². The number of unbranched alkanes of at least 4 members (excludes halogenated alkanes) is 2. The van der Waals surface area contributed by atoms with Gasteiger partial charge in [0.2, 0.25) is 5.95 Å². The first-order valence-corrected chi connectivity index (χ1v) is 9.14. The Hall–Kier alpha value is -1.44. The van der Waals surface area contributed by atoms with Crippen LogP contribution in [0.1, 0.15) is 24.1 Å². The maximum Gasteiger partial charge on any atom is 0.225 e. The van der Waals surface area contributed by atoms with Gasteiger partial charge in [0.15, 0.2) is 5.82 Å². The number of nitrogens with one attached hydrogen (secondary N) is 1. The van der Waals surface area contributed by atoms with Gasteiger partial charge in [-0.3, -0.25) is 0 Å². The number of hydrogen-bond acceptors (Lipinski definition) is 7. The van der Waals surface area contributed by atoms with Crippen molar-refractivity contribution in [3.63, 3.8) is 0 Å². The van der Waals surface area contributed by atoms with Crippen molar-refractivity contribution >= 4 is 33.3 Å².